The molecule has 5 nitrogen and oxygen atoms in total. The summed E-state index contributed by atoms with van der Waals surface area (Å²) in [5, 5.41) is 6.33. The predicted octanol–water partition coefficient (Wildman–Crippen LogP) is 4.82. The molecule has 2 N–H and O–H groups in total. The fourth-order valence-electron chi connectivity index (χ4n) is 3.48. The standard InChI is InChI=1S/C22H25ClFN3O2/c23-18-9-6-16(7-10-18)14-25-21(28)11-8-17-3-2-12-27(15-17)22(29)26-20-5-1-4-19(24)13-20/h1,4-7,9-10,13,17H,2-3,8,11-12,14-15H2,(H,25,28)(H,26,29). The van der Waals surface area contributed by atoms with Gasteiger partial charge in [-0.25, -0.2) is 9.18 Å². The third-order valence-electron chi connectivity index (χ3n) is 5.06. The fraction of sp³-hybridized carbons (Fsp3) is 0.364. The minimum absolute atomic E-state index is 0.00119. The molecule has 1 fully saturated rings. The number of anilines is 1. The van der Waals surface area contributed by atoms with E-state index in [-0.39, 0.29) is 23.7 Å². The summed E-state index contributed by atoms with van der Waals surface area (Å²) in [5.74, 6) is -0.103. The molecule has 1 atom stereocenters. The zero-order valence-electron chi connectivity index (χ0n) is 16.2. The Morgan fingerprint density at radius 3 is 2.72 bits per heavy atom. The van der Waals surface area contributed by atoms with E-state index >= 15 is 0 Å². The lowest BCUT2D eigenvalue weighted by Gasteiger charge is -2.32. The average Bonchev–Trinajstić information content (AvgIpc) is 2.72. The summed E-state index contributed by atoms with van der Waals surface area (Å²) >= 11 is 5.86. The van der Waals surface area contributed by atoms with Crippen molar-refractivity contribution in [1.29, 1.82) is 0 Å². The van der Waals surface area contributed by atoms with Crippen molar-refractivity contribution in [3.8, 4) is 0 Å². The minimum Gasteiger partial charge on any atom is -0.352 e. The van der Waals surface area contributed by atoms with E-state index in [2.05, 4.69) is 10.6 Å². The number of hydrogen-bond acceptors (Lipinski definition) is 2. The highest BCUT2D eigenvalue weighted by atomic mass is 35.5. The van der Waals surface area contributed by atoms with E-state index in [9.17, 15) is 14.0 Å². The van der Waals surface area contributed by atoms with Crippen LogP contribution >= 0.6 is 11.6 Å². The van der Waals surface area contributed by atoms with Crippen molar-refractivity contribution in [2.75, 3.05) is 18.4 Å². The molecule has 1 aliphatic rings. The van der Waals surface area contributed by atoms with Crippen molar-refractivity contribution in [1.82, 2.24) is 10.2 Å². The molecule has 2 aromatic rings. The molecule has 1 saturated heterocycles. The molecule has 3 amide bonds. The molecular formula is C22H25ClFN3O2. The van der Waals surface area contributed by atoms with Crippen LogP contribution in [-0.4, -0.2) is 29.9 Å². The van der Waals surface area contributed by atoms with Gasteiger partial charge in [-0.3, -0.25) is 4.79 Å². The van der Waals surface area contributed by atoms with Crippen molar-refractivity contribution in [2.45, 2.75) is 32.2 Å². The topological polar surface area (TPSA) is 61.4 Å². The normalized spacial score (nSPS) is 16.3. The summed E-state index contributed by atoms with van der Waals surface area (Å²) in [4.78, 5) is 26.3. The number of carbonyl (C=O) groups excluding carboxylic acids is 2. The van der Waals surface area contributed by atoms with E-state index in [4.69, 9.17) is 11.6 Å². The highest BCUT2D eigenvalue weighted by molar-refractivity contribution is 6.30. The largest absolute Gasteiger partial charge is 0.352 e. The molecule has 1 heterocycles. The molecule has 2 aromatic carbocycles. The van der Waals surface area contributed by atoms with Gasteiger partial charge in [0.05, 0.1) is 0 Å². The van der Waals surface area contributed by atoms with Gasteiger partial charge in [0.15, 0.2) is 0 Å². The van der Waals surface area contributed by atoms with Crippen LogP contribution in [0.15, 0.2) is 48.5 Å². The molecule has 154 valence electrons. The number of amides is 3. The molecule has 29 heavy (non-hydrogen) atoms. The van der Waals surface area contributed by atoms with Gasteiger partial charge in [-0.2, -0.15) is 0 Å². The van der Waals surface area contributed by atoms with Gasteiger partial charge in [-0.15, -0.1) is 0 Å². The van der Waals surface area contributed by atoms with Crippen LogP contribution in [0.25, 0.3) is 0 Å². The number of nitrogens with one attached hydrogen (secondary N) is 2. The molecule has 0 radical (unpaired) electrons. The average molecular weight is 418 g/mol. The van der Waals surface area contributed by atoms with Crippen molar-refractivity contribution in [3.05, 3.63) is 64.9 Å². The highest BCUT2D eigenvalue weighted by Crippen LogP contribution is 2.22. The van der Waals surface area contributed by atoms with Gasteiger partial charge in [-0.05, 0) is 61.1 Å². The van der Waals surface area contributed by atoms with Crippen LogP contribution in [0.3, 0.4) is 0 Å². The fourth-order valence-corrected chi connectivity index (χ4v) is 3.61. The zero-order chi connectivity index (χ0) is 20.6. The third kappa shape index (κ3) is 6.75. The Bertz CT molecular complexity index is 844. The first-order chi connectivity index (χ1) is 14.0. The summed E-state index contributed by atoms with van der Waals surface area (Å²) in [6.07, 6.45) is 3.05. The maximum Gasteiger partial charge on any atom is 0.321 e. The maximum atomic E-state index is 13.3. The molecule has 0 aliphatic carbocycles. The summed E-state index contributed by atoms with van der Waals surface area (Å²) in [6, 6.07) is 13.0. The number of hydrogen-bond donors (Lipinski definition) is 2. The number of carbonyl (C=O) groups is 2. The Kier molecular flexibility index (Phi) is 7.47. The second-order valence-electron chi connectivity index (χ2n) is 7.34. The minimum atomic E-state index is -0.385. The number of nitrogens with zero attached hydrogens (tertiary/aromatic N) is 1. The van der Waals surface area contributed by atoms with Gasteiger partial charge in [0.25, 0.3) is 0 Å². The number of halogens is 2. The van der Waals surface area contributed by atoms with Crippen LogP contribution in [0.2, 0.25) is 5.02 Å². The Balaban J connectivity index is 1.41. The van der Waals surface area contributed by atoms with Crippen LogP contribution in [-0.2, 0) is 11.3 Å². The second kappa shape index (κ2) is 10.3. The zero-order valence-corrected chi connectivity index (χ0v) is 16.9. The van der Waals surface area contributed by atoms with Crippen LogP contribution in [0.1, 0.15) is 31.2 Å². The van der Waals surface area contributed by atoms with Gasteiger partial charge in [0.1, 0.15) is 5.82 Å². The van der Waals surface area contributed by atoms with Crippen molar-refractivity contribution in [3.63, 3.8) is 0 Å². The summed E-state index contributed by atoms with van der Waals surface area (Å²) in [6.45, 7) is 1.74. The molecule has 0 saturated carbocycles. The van der Waals surface area contributed by atoms with Gasteiger partial charge in [0.2, 0.25) is 5.91 Å². The van der Waals surface area contributed by atoms with Crippen molar-refractivity contribution >= 4 is 29.2 Å². The Morgan fingerprint density at radius 2 is 1.97 bits per heavy atom. The second-order valence-corrected chi connectivity index (χ2v) is 7.77. The molecule has 0 bridgehead atoms. The first kappa shape index (κ1) is 21.1. The number of urea groups is 1. The first-order valence-corrected chi connectivity index (χ1v) is 10.2. The number of rotatable bonds is 6. The lowest BCUT2D eigenvalue weighted by Crippen LogP contribution is -2.42. The molecule has 0 spiro atoms. The van der Waals surface area contributed by atoms with E-state index in [1.165, 1.54) is 12.1 Å². The lowest BCUT2D eigenvalue weighted by atomic mass is 9.93. The van der Waals surface area contributed by atoms with Gasteiger partial charge in [0, 0.05) is 36.8 Å². The molecule has 3 rings (SSSR count). The van der Waals surface area contributed by atoms with Crippen LogP contribution in [0.5, 0.6) is 0 Å². The summed E-state index contributed by atoms with van der Waals surface area (Å²) < 4.78 is 13.3. The van der Waals surface area contributed by atoms with E-state index in [0.29, 0.717) is 36.8 Å². The Labute approximate surface area is 175 Å². The Morgan fingerprint density at radius 1 is 1.17 bits per heavy atom. The van der Waals surface area contributed by atoms with Gasteiger partial charge < -0.3 is 15.5 Å². The number of benzene rings is 2. The summed E-state index contributed by atoms with van der Waals surface area (Å²) in [7, 11) is 0. The van der Waals surface area contributed by atoms with E-state index in [0.717, 1.165) is 24.8 Å². The maximum absolute atomic E-state index is 13.3. The summed E-state index contributed by atoms with van der Waals surface area (Å²) in [5.41, 5.74) is 1.44. The first-order valence-electron chi connectivity index (χ1n) is 9.82. The van der Waals surface area contributed by atoms with E-state index in [1.54, 1.807) is 29.2 Å². The lowest BCUT2D eigenvalue weighted by molar-refractivity contribution is -0.121. The van der Waals surface area contributed by atoms with Crippen molar-refractivity contribution < 1.29 is 14.0 Å². The monoisotopic (exact) mass is 417 g/mol. The van der Waals surface area contributed by atoms with Crippen LogP contribution in [0.4, 0.5) is 14.9 Å². The molecule has 7 heteroatoms. The predicted molar refractivity (Wildman–Crippen MR) is 112 cm³/mol. The molecule has 1 aliphatic heterocycles. The van der Waals surface area contributed by atoms with E-state index in [1.807, 2.05) is 12.1 Å². The van der Waals surface area contributed by atoms with Gasteiger partial charge >= 0.3 is 6.03 Å². The molecule has 0 aromatic heterocycles. The van der Waals surface area contributed by atoms with Gasteiger partial charge in [-0.1, -0.05) is 29.8 Å². The van der Waals surface area contributed by atoms with E-state index < -0.39 is 0 Å². The third-order valence-corrected chi connectivity index (χ3v) is 5.32. The molecular weight excluding hydrogens is 393 g/mol. The number of piperidine rings is 1. The molecule has 1 unspecified atom stereocenters. The van der Waals surface area contributed by atoms with Crippen LogP contribution < -0.4 is 10.6 Å². The smallest absolute Gasteiger partial charge is 0.321 e. The van der Waals surface area contributed by atoms with Crippen molar-refractivity contribution in [2.24, 2.45) is 5.92 Å². The SMILES string of the molecule is O=C(CCC1CCCN(C(=O)Nc2cccc(F)c2)C1)NCc1ccc(Cl)cc1. The quantitative estimate of drug-likeness (QED) is 0.707. The van der Waals surface area contributed by atoms with Crippen LogP contribution in [0, 0.1) is 11.7 Å². The number of likely N-dealkylation sites (tertiary alicyclic amines) is 1. The Hall–Kier alpha value is -2.60. The highest BCUT2D eigenvalue weighted by Gasteiger charge is 2.24.